The predicted molar refractivity (Wildman–Crippen MR) is 54.7 cm³/mol. The van der Waals surface area contributed by atoms with Gasteiger partial charge in [-0.15, -0.1) is 0 Å². The van der Waals surface area contributed by atoms with Gasteiger partial charge in [-0.2, -0.15) is 22.0 Å². The first-order valence-corrected chi connectivity index (χ1v) is 6.45. The Morgan fingerprint density at radius 1 is 1.10 bits per heavy atom. The summed E-state index contributed by atoms with van der Waals surface area (Å²) in [7, 11) is -4.64. The van der Waals surface area contributed by atoms with E-state index in [2.05, 4.69) is 0 Å². The SMILES string of the molecule is CCCN1C(F)=C(F)C(F)=C(F)C1(F)F.O=P(O)(O)O. The normalized spacial score (nSPS) is 19.0. The zero-order valence-electron chi connectivity index (χ0n) is 9.83. The van der Waals surface area contributed by atoms with E-state index < -0.39 is 48.7 Å². The lowest BCUT2D eigenvalue weighted by atomic mass is 10.2. The summed E-state index contributed by atoms with van der Waals surface area (Å²) in [5, 5.41) is 0. The highest BCUT2D eigenvalue weighted by Crippen LogP contribution is 2.43. The molecule has 0 radical (unpaired) electrons. The van der Waals surface area contributed by atoms with E-state index in [0.29, 0.717) is 0 Å². The first-order chi connectivity index (χ1) is 8.84. The fourth-order valence-corrected chi connectivity index (χ4v) is 1.14. The predicted octanol–water partition coefficient (Wildman–Crippen LogP) is 2.63. The van der Waals surface area contributed by atoms with E-state index in [1.165, 1.54) is 6.92 Å². The van der Waals surface area contributed by atoms with Crippen molar-refractivity contribution in [3.05, 3.63) is 23.4 Å². The Labute approximate surface area is 109 Å². The minimum absolute atomic E-state index is 0.0329. The molecule has 0 aromatic rings. The average Bonchev–Trinajstić information content (AvgIpc) is 2.28. The van der Waals surface area contributed by atoms with Crippen molar-refractivity contribution >= 4 is 7.82 Å². The summed E-state index contributed by atoms with van der Waals surface area (Å²) in [6.45, 7) is 0.792. The van der Waals surface area contributed by atoms with Crippen LogP contribution in [0.5, 0.6) is 0 Å². The molecule has 0 spiro atoms. The highest BCUT2D eigenvalue weighted by Gasteiger charge is 2.51. The summed E-state index contributed by atoms with van der Waals surface area (Å²) in [4.78, 5) is 21.1. The van der Waals surface area contributed by atoms with Crippen molar-refractivity contribution in [2.45, 2.75) is 19.4 Å². The maximum absolute atomic E-state index is 12.9. The molecule has 0 saturated carbocycles. The molecule has 0 saturated heterocycles. The molecule has 5 nitrogen and oxygen atoms in total. The second-order valence-corrected chi connectivity index (χ2v) is 4.47. The molecule has 0 atom stereocenters. The molecular weight excluding hydrogens is 319 g/mol. The molecule has 3 N–H and O–H groups in total. The number of halogens is 6. The molecule has 1 heterocycles. The van der Waals surface area contributed by atoms with Gasteiger partial charge in [0.2, 0.25) is 23.4 Å². The van der Waals surface area contributed by atoms with E-state index >= 15 is 0 Å². The summed E-state index contributed by atoms with van der Waals surface area (Å²) >= 11 is 0. The molecule has 12 heteroatoms. The highest BCUT2D eigenvalue weighted by molar-refractivity contribution is 7.45. The molecule has 0 bridgehead atoms. The number of allylic oxidation sites excluding steroid dienone is 2. The van der Waals surface area contributed by atoms with Crippen molar-refractivity contribution in [2.75, 3.05) is 6.54 Å². The smallest absolute Gasteiger partial charge is 0.303 e. The molecular formula is C8H10F6NO4P. The van der Waals surface area contributed by atoms with E-state index in [4.69, 9.17) is 19.2 Å². The van der Waals surface area contributed by atoms with Crippen LogP contribution in [0.1, 0.15) is 13.3 Å². The van der Waals surface area contributed by atoms with Crippen LogP contribution < -0.4 is 0 Å². The third-order valence-electron chi connectivity index (χ3n) is 1.85. The molecule has 0 aromatic heterocycles. The van der Waals surface area contributed by atoms with Crippen molar-refractivity contribution in [3.63, 3.8) is 0 Å². The number of phosphoric acid groups is 1. The van der Waals surface area contributed by atoms with Gasteiger partial charge in [0.1, 0.15) is 0 Å². The summed E-state index contributed by atoms with van der Waals surface area (Å²) in [6.07, 6.45) is 0.0329. The van der Waals surface area contributed by atoms with Crippen LogP contribution in [0.4, 0.5) is 26.3 Å². The Bertz CT molecular complexity index is 465. The Kier molecular flexibility index (Phi) is 6.27. The van der Waals surface area contributed by atoms with Crippen LogP contribution in [0.3, 0.4) is 0 Å². The number of hydrogen-bond acceptors (Lipinski definition) is 2. The number of nitrogens with zero attached hydrogens (tertiary/aromatic N) is 1. The number of alkyl halides is 2. The van der Waals surface area contributed by atoms with Crippen molar-refractivity contribution in [2.24, 2.45) is 0 Å². The van der Waals surface area contributed by atoms with Gasteiger partial charge in [-0.3, -0.25) is 4.90 Å². The molecule has 0 unspecified atom stereocenters. The standard InChI is InChI=1S/C8H7F6N.H3O4P/c1-2-3-15-7(12)5(10)4(9)6(11)8(15,13)14;1-5(2,3)4/h2-3H2,1H3;(H3,1,2,3,4). The quantitative estimate of drug-likeness (QED) is 0.412. The molecule has 0 aromatic carbocycles. The molecule has 20 heavy (non-hydrogen) atoms. The number of rotatable bonds is 2. The Morgan fingerprint density at radius 2 is 1.50 bits per heavy atom. The van der Waals surface area contributed by atoms with Gasteiger partial charge in [0.25, 0.3) is 0 Å². The van der Waals surface area contributed by atoms with Gasteiger partial charge in [0.05, 0.1) is 0 Å². The van der Waals surface area contributed by atoms with Crippen molar-refractivity contribution in [3.8, 4) is 0 Å². The lowest BCUT2D eigenvalue weighted by Gasteiger charge is -2.32. The van der Waals surface area contributed by atoms with Crippen LogP contribution in [0, 0.1) is 0 Å². The Balaban J connectivity index is 0.000000621. The van der Waals surface area contributed by atoms with Crippen LogP contribution in [-0.2, 0) is 4.57 Å². The summed E-state index contributed by atoms with van der Waals surface area (Å²) < 4.78 is 85.3. The zero-order chi connectivity index (χ0) is 16.3. The van der Waals surface area contributed by atoms with Gasteiger partial charge in [0.15, 0.2) is 0 Å². The maximum atomic E-state index is 12.9. The van der Waals surface area contributed by atoms with Crippen molar-refractivity contribution in [1.29, 1.82) is 0 Å². The first kappa shape index (κ1) is 19.0. The zero-order valence-corrected chi connectivity index (χ0v) is 10.7. The van der Waals surface area contributed by atoms with Crippen LogP contribution in [0.25, 0.3) is 0 Å². The summed E-state index contributed by atoms with van der Waals surface area (Å²) in [5.41, 5.74) is 0. The summed E-state index contributed by atoms with van der Waals surface area (Å²) in [6, 6.07) is -4.47. The second kappa shape index (κ2) is 6.61. The minimum Gasteiger partial charge on any atom is -0.303 e. The molecule has 0 fully saturated rings. The van der Waals surface area contributed by atoms with Gasteiger partial charge in [0, 0.05) is 6.54 Å². The topological polar surface area (TPSA) is 81.0 Å². The van der Waals surface area contributed by atoms with E-state index in [-0.39, 0.29) is 6.42 Å². The first-order valence-electron chi connectivity index (χ1n) is 4.89. The lowest BCUT2D eigenvalue weighted by molar-refractivity contribution is -0.129. The number of hydrogen-bond donors (Lipinski definition) is 3. The largest absolute Gasteiger partial charge is 0.466 e. The maximum Gasteiger partial charge on any atom is 0.466 e. The van der Waals surface area contributed by atoms with Gasteiger partial charge >= 0.3 is 13.9 Å². The van der Waals surface area contributed by atoms with Gasteiger partial charge in [-0.1, -0.05) is 6.92 Å². The molecule has 1 aliphatic rings. The van der Waals surface area contributed by atoms with Crippen LogP contribution in [-0.4, -0.2) is 32.2 Å². The van der Waals surface area contributed by atoms with E-state index in [0.717, 1.165) is 0 Å². The van der Waals surface area contributed by atoms with Gasteiger partial charge < -0.3 is 14.7 Å². The van der Waals surface area contributed by atoms with Crippen molar-refractivity contribution < 1.29 is 45.6 Å². The molecule has 1 aliphatic heterocycles. The van der Waals surface area contributed by atoms with E-state index in [1.807, 2.05) is 0 Å². The molecule has 118 valence electrons. The fourth-order valence-electron chi connectivity index (χ4n) is 1.14. The van der Waals surface area contributed by atoms with Crippen molar-refractivity contribution in [1.82, 2.24) is 4.90 Å². The molecule has 1 rings (SSSR count). The van der Waals surface area contributed by atoms with Gasteiger partial charge in [-0.05, 0) is 6.42 Å². The fraction of sp³-hybridized carbons (Fsp3) is 0.500. The Hall–Kier alpha value is -1.03. The highest BCUT2D eigenvalue weighted by atomic mass is 31.2. The lowest BCUT2D eigenvalue weighted by Crippen LogP contribution is -2.44. The molecule has 0 amide bonds. The van der Waals surface area contributed by atoms with Crippen LogP contribution in [0.2, 0.25) is 0 Å². The molecule has 0 aliphatic carbocycles. The Morgan fingerprint density at radius 3 is 1.85 bits per heavy atom. The average molecular weight is 329 g/mol. The van der Waals surface area contributed by atoms with E-state index in [9.17, 15) is 26.3 Å². The third kappa shape index (κ3) is 4.82. The van der Waals surface area contributed by atoms with Crippen LogP contribution in [0.15, 0.2) is 23.4 Å². The van der Waals surface area contributed by atoms with Crippen LogP contribution >= 0.6 is 7.82 Å². The third-order valence-corrected chi connectivity index (χ3v) is 1.85. The monoisotopic (exact) mass is 329 g/mol. The van der Waals surface area contributed by atoms with E-state index in [1.54, 1.807) is 0 Å². The second-order valence-electron chi connectivity index (χ2n) is 3.44. The summed E-state index contributed by atoms with van der Waals surface area (Å²) in [5.74, 6) is -9.40. The minimum atomic E-state index is -4.64. The van der Waals surface area contributed by atoms with Gasteiger partial charge in [-0.25, -0.2) is 8.96 Å².